The van der Waals surface area contributed by atoms with E-state index in [1.54, 1.807) is 5.54 Å². The third kappa shape index (κ3) is 4.15. The molecule has 0 spiro atoms. The van der Waals surface area contributed by atoms with Gasteiger partial charge in [0.1, 0.15) is 0 Å². The molecule has 0 unspecified atom stereocenters. The van der Waals surface area contributed by atoms with Gasteiger partial charge in [0, 0.05) is 5.54 Å². The van der Waals surface area contributed by atoms with Crippen LogP contribution < -0.4 is 0 Å². The highest BCUT2D eigenvalue weighted by Gasteiger charge is 2.18. The molecule has 0 radical (unpaired) electrons. The van der Waals surface area contributed by atoms with Crippen molar-refractivity contribution >= 4 is 11.6 Å². The molecule has 0 atom stereocenters. The Morgan fingerprint density at radius 2 is 2.00 bits per heavy atom. The fraction of sp³-hybridized carbons (Fsp3) is 0.818. The second-order valence-corrected chi connectivity index (χ2v) is 4.37. The third-order valence-electron chi connectivity index (χ3n) is 2.70. The maximum absolute atomic E-state index is 5.73. The summed E-state index contributed by atoms with van der Waals surface area (Å²) in [5.74, 6) is 0.893. The van der Waals surface area contributed by atoms with E-state index in [0.717, 1.165) is 11.5 Å². The highest BCUT2D eigenvalue weighted by atomic mass is 35.5. The molecule has 0 aliphatic heterocycles. The van der Waals surface area contributed by atoms with E-state index >= 15 is 0 Å². The standard InChI is InChI=1S/C11H19ClO/c1-9-3-5-11(6-4-9)13-8-10(2)7-12/h7,9,11H,3-6,8H2,1-2H3/b10-7+. The number of halogens is 1. The molecule has 1 aliphatic rings. The van der Waals surface area contributed by atoms with Crippen LogP contribution in [0, 0.1) is 5.92 Å². The number of hydrogen-bond donors (Lipinski definition) is 0. The summed E-state index contributed by atoms with van der Waals surface area (Å²) >= 11 is 5.55. The summed E-state index contributed by atoms with van der Waals surface area (Å²) in [5.41, 5.74) is 2.71. The molecule has 1 rings (SSSR count). The average Bonchev–Trinajstić information content (AvgIpc) is 2.16. The van der Waals surface area contributed by atoms with E-state index in [-0.39, 0.29) is 0 Å². The molecule has 0 saturated heterocycles. The maximum Gasteiger partial charge on any atom is 0.0689 e. The molecule has 0 aromatic carbocycles. The van der Waals surface area contributed by atoms with E-state index in [9.17, 15) is 0 Å². The van der Waals surface area contributed by atoms with Gasteiger partial charge < -0.3 is 4.74 Å². The van der Waals surface area contributed by atoms with Crippen LogP contribution in [0.25, 0.3) is 0 Å². The normalized spacial score (nSPS) is 30.5. The van der Waals surface area contributed by atoms with Crippen molar-refractivity contribution in [2.75, 3.05) is 6.61 Å². The lowest BCUT2D eigenvalue weighted by atomic mass is 9.89. The van der Waals surface area contributed by atoms with Crippen LogP contribution in [0.5, 0.6) is 0 Å². The second-order valence-electron chi connectivity index (χ2n) is 4.15. The van der Waals surface area contributed by atoms with Gasteiger partial charge in [0.25, 0.3) is 0 Å². The van der Waals surface area contributed by atoms with E-state index in [1.165, 1.54) is 25.7 Å². The Hall–Kier alpha value is -0.0100. The van der Waals surface area contributed by atoms with Crippen LogP contribution in [0.3, 0.4) is 0 Å². The molecular weight excluding hydrogens is 184 g/mol. The summed E-state index contributed by atoms with van der Waals surface area (Å²) in [6.07, 6.45) is 5.54. The lowest BCUT2D eigenvalue weighted by molar-refractivity contribution is 0.0332. The summed E-state index contributed by atoms with van der Waals surface area (Å²) in [4.78, 5) is 0. The van der Waals surface area contributed by atoms with Crippen molar-refractivity contribution in [1.29, 1.82) is 0 Å². The van der Waals surface area contributed by atoms with Gasteiger partial charge in [0.2, 0.25) is 0 Å². The largest absolute Gasteiger partial charge is 0.374 e. The minimum absolute atomic E-state index is 0.475. The van der Waals surface area contributed by atoms with E-state index in [2.05, 4.69) is 6.92 Å². The van der Waals surface area contributed by atoms with Gasteiger partial charge in [-0.1, -0.05) is 18.5 Å². The molecule has 0 N–H and O–H groups in total. The lowest BCUT2D eigenvalue weighted by Crippen LogP contribution is -2.21. The van der Waals surface area contributed by atoms with Crippen molar-refractivity contribution in [3.05, 3.63) is 11.1 Å². The molecular formula is C11H19ClO. The molecule has 2 heteroatoms. The van der Waals surface area contributed by atoms with Gasteiger partial charge in [-0.2, -0.15) is 0 Å². The quantitative estimate of drug-likeness (QED) is 0.678. The lowest BCUT2D eigenvalue weighted by Gasteiger charge is -2.26. The molecule has 0 heterocycles. The fourth-order valence-corrected chi connectivity index (χ4v) is 1.74. The van der Waals surface area contributed by atoms with Gasteiger partial charge in [-0.15, -0.1) is 0 Å². The van der Waals surface area contributed by atoms with Crippen molar-refractivity contribution in [3.8, 4) is 0 Å². The van der Waals surface area contributed by atoms with Crippen LogP contribution in [0.1, 0.15) is 39.5 Å². The number of ether oxygens (including phenoxy) is 1. The predicted molar refractivity (Wildman–Crippen MR) is 57.0 cm³/mol. The molecule has 1 nitrogen and oxygen atoms in total. The average molecular weight is 203 g/mol. The molecule has 0 aromatic rings. The maximum atomic E-state index is 5.73. The summed E-state index contributed by atoms with van der Waals surface area (Å²) in [6.45, 7) is 5.02. The van der Waals surface area contributed by atoms with Crippen LogP contribution in [0.4, 0.5) is 0 Å². The molecule has 76 valence electrons. The zero-order chi connectivity index (χ0) is 9.68. The Morgan fingerprint density at radius 3 is 2.54 bits per heavy atom. The summed E-state index contributed by atoms with van der Waals surface area (Å²) < 4.78 is 5.73. The van der Waals surface area contributed by atoms with Gasteiger partial charge >= 0.3 is 0 Å². The molecule has 1 aliphatic carbocycles. The van der Waals surface area contributed by atoms with E-state index < -0.39 is 0 Å². The molecule has 13 heavy (non-hydrogen) atoms. The Kier molecular flexibility index (Phi) is 4.82. The van der Waals surface area contributed by atoms with Crippen LogP contribution in [0.2, 0.25) is 0 Å². The van der Waals surface area contributed by atoms with Crippen LogP contribution in [-0.2, 0) is 4.74 Å². The van der Waals surface area contributed by atoms with Gasteiger partial charge in [0.15, 0.2) is 0 Å². The van der Waals surface area contributed by atoms with Crippen molar-refractivity contribution in [1.82, 2.24) is 0 Å². The van der Waals surface area contributed by atoms with Crippen molar-refractivity contribution in [2.45, 2.75) is 45.6 Å². The zero-order valence-electron chi connectivity index (χ0n) is 8.55. The fourth-order valence-electron chi connectivity index (χ4n) is 1.68. The smallest absolute Gasteiger partial charge is 0.0689 e. The van der Waals surface area contributed by atoms with Crippen molar-refractivity contribution < 1.29 is 4.74 Å². The first kappa shape index (κ1) is 11.1. The minimum Gasteiger partial charge on any atom is -0.374 e. The molecule has 1 fully saturated rings. The van der Waals surface area contributed by atoms with Crippen LogP contribution >= 0.6 is 11.6 Å². The molecule has 0 bridgehead atoms. The van der Waals surface area contributed by atoms with Gasteiger partial charge in [-0.3, -0.25) is 0 Å². The summed E-state index contributed by atoms with van der Waals surface area (Å²) in [6, 6.07) is 0. The Morgan fingerprint density at radius 1 is 1.38 bits per heavy atom. The Labute approximate surface area is 86.1 Å². The van der Waals surface area contributed by atoms with E-state index in [1.807, 2.05) is 6.92 Å². The first-order valence-electron chi connectivity index (χ1n) is 5.10. The van der Waals surface area contributed by atoms with Gasteiger partial charge in [-0.05, 0) is 44.1 Å². The zero-order valence-corrected chi connectivity index (χ0v) is 9.31. The van der Waals surface area contributed by atoms with Gasteiger partial charge in [-0.25, -0.2) is 0 Å². The van der Waals surface area contributed by atoms with Crippen LogP contribution in [-0.4, -0.2) is 12.7 Å². The SMILES string of the molecule is C/C(=C\Cl)COC1CCC(C)CC1. The topological polar surface area (TPSA) is 9.23 Å². The number of rotatable bonds is 3. The summed E-state index contributed by atoms with van der Waals surface area (Å²) in [5, 5.41) is 0. The first-order chi connectivity index (χ1) is 6.22. The number of hydrogen-bond acceptors (Lipinski definition) is 1. The van der Waals surface area contributed by atoms with Crippen LogP contribution in [0.15, 0.2) is 11.1 Å². The van der Waals surface area contributed by atoms with Crippen molar-refractivity contribution in [2.24, 2.45) is 5.92 Å². The van der Waals surface area contributed by atoms with Crippen molar-refractivity contribution in [3.63, 3.8) is 0 Å². The third-order valence-corrected chi connectivity index (χ3v) is 3.07. The summed E-state index contributed by atoms with van der Waals surface area (Å²) in [7, 11) is 0. The Bertz CT molecular complexity index is 169. The first-order valence-corrected chi connectivity index (χ1v) is 5.53. The predicted octanol–water partition coefficient (Wildman–Crippen LogP) is 3.72. The minimum atomic E-state index is 0.475. The molecule has 0 amide bonds. The molecule has 1 saturated carbocycles. The van der Waals surface area contributed by atoms with E-state index in [0.29, 0.717) is 12.7 Å². The highest BCUT2D eigenvalue weighted by molar-refractivity contribution is 6.25. The Balaban J connectivity index is 2.16. The van der Waals surface area contributed by atoms with Gasteiger partial charge in [0.05, 0.1) is 12.7 Å². The monoisotopic (exact) mass is 202 g/mol. The highest BCUT2D eigenvalue weighted by Crippen LogP contribution is 2.25. The molecule has 0 aromatic heterocycles. The van der Waals surface area contributed by atoms with E-state index in [4.69, 9.17) is 16.3 Å². The second kappa shape index (κ2) is 5.66.